The fraction of sp³-hybridized carbons (Fsp3) is 0.462. The van der Waals surface area contributed by atoms with E-state index in [2.05, 4.69) is 26.6 Å². The maximum atomic E-state index is 13.1. The third-order valence-corrected chi connectivity index (χ3v) is 3.74. The fourth-order valence-electron chi connectivity index (χ4n) is 2.07. The molecule has 3 nitrogen and oxygen atoms in total. The van der Waals surface area contributed by atoms with Gasteiger partial charge in [-0.25, -0.2) is 4.39 Å². The van der Waals surface area contributed by atoms with Crippen LogP contribution in [-0.4, -0.2) is 25.5 Å². The number of carbonyl (C=O) groups is 1. The van der Waals surface area contributed by atoms with Gasteiger partial charge in [-0.3, -0.25) is 4.79 Å². The van der Waals surface area contributed by atoms with Gasteiger partial charge in [-0.1, -0.05) is 0 Å². The number of hydrogen-bond donors (Lipinski definition) is 2. The molecule has 2 rings (SSSR count). The van der Waals surface area contributed by atoms with Crippen LogP contribution in [0.15, 0.2) is 22.7 Å². The van der Waals surface area contributed by atoms with Crippen LogP contribution < -0.4 is 10.6 Å². The van der Waals surface area contributed by atoms with E-state index in [1.165, 1.54) is 18.2 Å². The van der Waals surface area contributed by atoms with Gasteiger partial charge < -0.3 is 10.6 Å². The second-order valence-corrected chi connectivity index (χ2v) is 5.41. The van der Waals surface area contributed by atoms with Crippen LogP contribution in [0.1, 0.15) is 23.2 Å². The number of hydrogen-bond acceptors (Lipinski definition) is 2. The Hall–Kier alpha value is -0.940. The predicted molar refractivity (Wildman–Crippen MR) is 72.0 cm³/mol. The first-order chi connectivity index (χ1) is 8.66. The molecular weight excluding hydrogens is 299 g/mol. The van der Waals surface area contributed by atoms with Crippen LogP contribution in [0.25, 0.3) is 0 Å². The van der Waals surface area contributed by atoms with Gasteiger partial charge in [0.25, 0.3) is 5.91 Å². The lowest BCUT2D eigenvalue weighted by Gasteiger charge is -2.22. The molecule has 5 heteroatoms. The van der Waals surface area contributed by atoms with Gasteiger partial charge in [-0.2, -0.15) is 0 Å². The van der Waals surface area contributed by atoms with Gasteiger partial charge in [0.15, 0.2) is 0 Å². The van der Waals surface area contributed by atoms with Crippen LogP contribution in [0.5, 0.6) is 0 Å². The van der Waals surface area contributed by atoms with Crippen LogP contribution in [0.3, 0.4) is 0 Å². The zero-order chi connectivity index (χ0) is 13.0. The third-order valence-electron chi connectivity index (χ3n) is 3.13. The quantitative estimate of drug-likeness (QED) is 0.899. The van der Waals surface area contributed by atoms with Crippen molar-refractivity contribution in [1.29, 1.82) is 0 Å². The van der Waals surface area contributed by atoms with Gasteiger partial charge >= 0.3 is 0 Å². The van der Waals surface area contributed by atoms with Crippen LogP contribution in [-0.2, 0) is 0 Å². The molecule has 1 atom stereocenters. The summed E-state index contributed by atoms with van der Waals surface area (Å²) in [7, 11) is 0. The summed E-state index contributed by atoms with van der Waals surface area (Å²) < 4.78 is 13.4. The summed E-state index contributed by atoms with van der Waals surface area (Å²) in [6.45, 7) is 2.68. The van der Waals surface area contributed by atoms with E-state index in [9.17, 15) is 9.18 Å². The van der Waals surface area contributed by atoms with Crippen LogP contribution in [0.2, 0.25) is 0 Å². The van der Waals surface area contributed by atoms with E-state index in [1.807, 2.05) is 0 Å². The minimum atomic E-state index is -0.358. The normalized spacial score (nSPS) is 19.6. The van der Waals surface area contributed by atoms with Crippen LogP contribution in [0, 0.1) is 11.7 Å². The largest absolute Gasteiger partial charge is 0.352 e. The number of halogens is 2. The minimum Gasteiger partial charge on any atom is -0.352 e. The number of nitrogens with one attached hydrogen (secondary N) is 2. The lowest BCUT2D eigenvalue weighted by molar-refractivity contribution is 0.0944. The first-order valence-electron chi connectivity index (χ1n) is 6.11. The van der Waals surface area contributed by atoms with Crippen molar-refractivity contribution in [2.24, 2.45) is 5.92 Å². The summed E-state index contributed by atoms with van der Waals surface area (Å²) in [6.07, 6.45) is 2.29. The topological polar surface area (TPSA) is 41.1 Å². The summed E-state index contributed by atoms with van der Waals surface area (Å²) in [4.78, 5) is 11.9. The molecule has 98 valence electrons. The van der Waals surface area contributed by atoms with Gasteiger partial charge in [-0.15, -0.1) is 0 Å². The lowest BCUT2D eigenvalue weighted by Crippen LogP contribution is -2.38. The van der Waals surface area contributed by atoms with E-state index < -0.39 is 0 Å². The van der Waals surface area contributed by atoms with E-state index in [0.29, 0.717) is 22.5 Å². The molecule has 1 aliphatic rings. The molecule has 0 saturated carbocycles. The Morgan fingerprint density at radius 3 is 3.06 bits per heavy atom. The van der Waals surface area contributed by atoms with Gasteiger partial charge in [0.1, 0.15) is 5.82 Å². The van der Waals surface area contributed by atoms with E-state index >= 15 is 0 Å². The summed E-state index contributed by atoms with van der Waals surface area (Å²) in [5.41, 5.74) is 0.479. The molecule has 1 saturated heterocycles. The molecule has 1 heterocycles. The zero-order valence-corrected chi connectivity index (χ0v) is 11.6. The Kier molecular flexibility index (Phi) is 4.72. The zero-order valence-electron chi connectivity index (χ0n) is 10.0. The summed E-state index contributed by atoms with van der Waals surface area (Å²) >= 11 is 3.08. The molecule has 18 heavy (non-hydrogen) atoms. The third kappa shape index (κ3) is 3.53. The highest BCUT2D eigenvalue weighted by molar-refractivity contribution is 9.10. The molecule has 0 radical (unpaired) electrons. The van der Waals surface area contributed by atoms with Crippen molar-refractivity contribution >= 4 is 21.8 Å². The second kappa shape index (κ2) is 6.29. The van der Waals surface area contributed by atoms with Crippen LogP contribution >= 0.6 is 15.9 Å². The van der Waals surface area contributed by atoms with Crippen molar-refractivity contribution < 1.29 is 9.18 Å². The summed E-state index contributed by atoms with van der Waals surface area (Å²) in [6, 6.07) is 4.29. The van der Waals surface area contributed by atoms with Gasteiger partial charge in [0.2, 0.25) is 0 Å². The van der Waals surface area contributed by atoms with Gasteiger partial charge in [-0.05, 0) is 66.0 Å². The van der Waals surface area contributed by atoms with Crippen molar-refractivity contribution in [2.75, 3.05) is 19.6 Å². The minimum absolute atomic E-state index is 0.152. The average Bonchev–Trinajstić information content (AvgIpc) is 2.40. The van der Waals surface area contributed by atoms with Crippen molar-refractivity contribution in [2.45, 2.75) is 12.8 Å². The Labute approximate surface area is 114 Å². The van der Waals surface area contributed by atoms with Gasteiger partial charge in [0, 0.05) is 12.1 Å². The smallest absolute Gasteiger partial charge is 0.251 e. The Morgan fingerprint density at radius 2 is 2.39 bits per heavy atom. The molecule has 1 aromatic rings. The van der Waals surface area contributed by atoms with Gasteiger partial charge in [0.05, 0.1) is 4.47 Å². The first kappa shape index (κ1) is 13.5. The van der Waals surface area contributed by atoms with Crippen molar-refractivity contribution in [3.8, 4) is 0 Å². The molecule has 0 aliphatic carbocycles. The molecule has 0 bridgehead atoms. The SMILES string of the molecule is O=C(NCC1CCCNC1)c1ccc(F)c(Br)c1. The highest BCUT2D eigenvalue weighted by Crippen LogP contribution is 2.17. The first-order valence-corrected chi connectivity index (χ1v) is 6.90. The Balaban J connectivity index is 1.88. The molecule has 0 spiro atoms. The molecule has 2 N–H and O–H groups in total. The second-order valence-electron chi connectivity index (χ2n) is 4.55. The average molecular weight is 315 g/mol. The molecule has 1 fully saturated rings. The molecular formula is C13H16BrFN2O. The molecule has 0 aromatic heterocycles. The maximum Gasteiger partial charge on any atom is 0.251 e. The number of piperidine rings is 1. The highest BCUT2D eigenvalue weighted by Gasteiger charge is 2.15. The predicted octanol–water partition coefficient (Wildman–Crippen LogP) is 2.32. The monoisotopic (exact) mass is 314 g/mol. The van der Waals surface area contributed by atoms with Crippen molar-refractivity contribution in [1.82, 2.24) is 10.6 Å². The maximum absolute atomic E-state index is 13.1. The summed E-state index contributed by atoms with van der Waals surface area (Å²) in [5.74, 6) is -0.0177. The molecule has 1 aliphatic heterocycles. The number of rotatable bonds is 3. The Bertz CT molecular complexity index is 433. The molecule has 1 unspecified atom stereocenters. The number of carbonyl (C=O) groups excluding carboxylic acids is 1. The molecule has 1 aromatic carbocycles. The Morgan fingerprint density at radius 1 is 1.56 bits per heavy atom. The van der Waals surface area contributed by atoms with Crippen molar-refractivity contribution in [3.63, 3.8) is 0 Å². The fourth-order valence-corrected chi connectivity index (χ4v) is 2.45. The van der Waals surface area contributed by atoms with E-state index in [1.54, 1.807) is 0 Å². The molecule has 1 amide bonds. The summed E-state index contributed by atoms with van der Waals surface area (Å²) in [5, 5.41) is 6.20. The highest BCUT2D eigenvalue weighted by atomic mass is 79.9. The van der Waals surface area contributed by atoms with E-state index in [-0.39, 0.29) is 11.7 Å². The van der Waals surface area contributed by atoms with E-state index in [0.717, 1.165) is 25.9 Å². The number of benzene rings is 1. The standard InChI is InChI=1S/C13H16BrFN2O/c14-11-6-10(3-4-12(11)15)13(18)17-8-9-2-1-5-16-7-9/h3-4,6,9,16H,1-2,5,7-8H2,(H,17,18). The lowest BCUT2D eigenvalue weighted by atomic mass is 10.00. The number of amides is 1. The van der Waals surface area contributed by atoms with Crippen molar-refractivity contribution in [3.05, 3.63) is 34.1 Å². The van der Waals surface area contributed by atoms with E-state index in [4.69, 9.17) is 0 Å². The van der Waals surface area contributed by atoms with Crippen LogP contribution in [0.4, 0.5) is 4.39 Å².